The minimum absolute atomic E-state index is 0.512. The van der Waals surface area contributed by atoms with E-state index >= 15 is 0 Å². The van der Waals surface area contributed by atoms with Crippen LogP contribution in [0.15, 0.2) is 18.2 Å². The predicted octanol–water partition coefficient (Wildman–Crippen LogP) is 0.920. The highest BCUT2D eigenvalue weighted by Crippen LogP contribution is 2.25. The van der Waals surface area contributed by atoms with Crippen molar-refractivity contribution in [3.05, 3.63) is 23.8 Å². The molecule has 5 nitrogen and oxygen atoms in total. The van der Waals surface area contributed by atoms with E-state index in [1.54, 1.807) is 18.2 Å². The normalized spacial score (nSPS) is 13.7. The third kappa shape index (κ3) is 2.25. The average Bonchev–Trinajstić information content (AvgIpc) is 2.63. The molecule has 0 spiro atoms. The maximum Gasteiger partial charge on any atom is 0.246 e. The van der Waals surface area contributed by atoms with Crippen molar-refractivity contribution in [3.8, 4) is 6.07 Å². The fourth-order valence-electron chi connectivity index (χ4n) is 1.67. The maximum atomic E-state index is 11.4. The van der Waals surface area contributed by atoms with Crippen molar-refractivity contribution in [1.82, 2.24) is 0 Å². The number of benzene rings is 1. The van der Waals surface area contributed by atoms with Crippen LogP contribution in [0.4, 0.5) is 11.4 Å². The number of nitrogens with zero attached hydrogens (tertiary/aromatic N) is 1. The maximum absolute atomic E-state index is 11.4. The quantitative estimate of drug-likeness (QED) is 0.819. The lowest BCUT2D eigenvalue weighted by Crippen LogP contribution is -2.15. The van der Waals surface area contributed by atoms with Crippen molar-refractivity contribution >= 4 is 21.4 Å². The summed E-state index contributed by atoms with van der Waals surface area (Å²) < 4.78 is 25.1. The molecule has 1 aromatic carbocycles. The molecule has 16 heavy (non-hydrogen) atoms. The SMILES string of the molecule is N#CCS(=O)(=O)Nc1ccc2c(c1)CCN2. The van der Waals surface area contributed by atoms with Gasteiger partial charge in [-0.1, -0.05) is 0 Å². The first-order valence-corrected chi connectivity index (χ1v) is 6.50. The third-order valence-electron chi connectivity index (χ3n) is 2.34. The van der Waals surface area contributed by atoms with E-state index in [-0.39, 0.29) is 0 Å². The van der Waals surface area contributed by atoms with E-state index in [0.717, 1.165) is 24.2 Å². The standard InChI is InChI=1S/C10H11N3O2S/c11-4-6-16(14,15)13-9-1-2-10-8(7-9)3-5-12-10/h1-2,7,12-13H,3,5-6H2. The molecule has 1 aliphatic heterocycles. The first kappa shape index (κ1) is 10.8. The number of sulfonamides is 1. The second kappa shape index (κ2) is 4.02. The van der Waals surface area contributed by atoms with Gasteiger partial charge in [0.1, 0.15) is 0 Å². The summed E-state index contributed by atoms with van der Waals surface area (Å²) in [5.41, 5.74) is 2.65. The molecule has 0 bridgehead atoms. The van der Waals surface area contributed by atoms with Crippen LogP contribution in [-0.4, -0.2) is 20.7 Å². The summed E-state index contributed by atoms with van der Waals surface area (Å²) in [6.45, 7) is 0.879. The molecule has 6 heteroatoms. The lowest BCUT2D eigenvalue weighted by molar-refractivity contribution is 0.604. The van der Waals surface area contributed by atoms with Crippen LogP contribution in [0.25, 0.3) is 0 Å². The Hall–Kier alpha value is -1.74. The largest absolute Gasteiger partial charge is 0.384 e. The second-order valence-electron chi connectivity index (χ2n) is 3.57. The molecule has 0 aromatic heterocycles. The van der Waals surface area contributed by atoms with Crippen molar-refractivity contribution in [3.63, 3.8) is 0 Å². The molecule has 0 fully saturated rings. The van der Waals surface area contributed by atoms with E-state index in [1.807, 2.05) is 6.07 Å². The van der Waals surface area contributed by atoms with Crippen LogP contribution in [0.1, 0.15) is 5.56 Å². The van der Waals surface area contributed by atoms with Gasteiger partial charge in [0.2, 0.25) is 10.0 Å². The third-order valence-corrected chi connectivity index (χ3v) is 3.40. The van der Waals surface area contributed by atoms with E-state index in [0.29, 0.717) is 5.69 Å². The Morgan fingerprint density at radius 2 is 2.31 bits per heavy atom. The van der Waals surface area contributed by atoms with E-state index in [2.05, 4.69) is 10.0 Å². The number of nitrogens with one attached hydrogen (secondary N) is 2. The summed E-state index contributed by atoms with van der Waals surface area (Å²) in [6.07, 6.45) is 0.892. The van der Waals surface area contributed by atoms with Crippen LogP contribution < -0.4 is 10.0 Å². The van der Waals surface area contributed by atoms with E-state index in [1.165, 1.54) is 0 Å². The zero-order valence-corrected chi connectivity index (χ0v) is 9.34. The van der Waals surface area contributed by atoms with Gasteiger partial charge in [-0.25, -0.2) is 8.42 Å². The molecule has 84 valence electrons. The molecule has 1 aromatic rings. The van der Waals surface area contributed by atoms with Crippen LogP contribution >= 0.6 is 0 Å². The highest BCUT2D eigenvalue weighted by atomic mass is 32.2. The molecular weight excluding hydrogens is 226 g/mol. The molecule has 1 heterocycles. The number of fused-ring (bicyclic) bond motifs is 1. The molecule has 0 unspecified atom stereocenters. The van der Waals surface area contributed by atoms with Gasteiger partial charge in [0.25, 0.3) is 0 Å². The van der Waals surface area contributed by atoms with Gasteiger partial charge in [-0.05, 0) is 30.2 Å². The summed E-state index contributed by atoms with van der Waals surface area (Å²) in [7, 11) is -3.53. The van der Waals surface area contributed by atoms with Gasteiger partial charge in [-0.2, -0.15) is 5.26 Å². The Morgan fingerprint density at radius 1 is 1.50 bits per heavy atom. The topological polar surface area (TPSA) is 82.0 Å². The number of hydrogen-bond donors (Lipinski definition) is 2. The first-order valence-electron chi connectivity index (χ1n) is 4.85. The minimum Gasteiger partial charge on any atom is -0.384 e. The molecule has 2 N–H and O–H groups in total. The zero-order valence-electron chi connectivity index (χ0n) is 8.53. The van der Waals surface area contributed by atoms with Gasteiger partial charge in [0.05, 0.1) is 6.07 Å². The molecule has 0 saturated heterocycles. The van der Waals surface area contributed by atoms with E-state index in [4.69, 9.17) is 5.26 Å². The van der Waals surface area contributed by atoms with Crippen LogP contribution in [0, 0.1) is 11.3 Å². The Morgan fingerprint density at radius 3 is 3.06 bits per heavy atom. The van der Waals surface area contributed by atoms with Crippen LogP contribution in [0.2, 0.25) is 0 Å². The van der Waals surface area contributed by atoms with Gasteiger partial charge in [0, 0.05) is 17.9 Å². The number of rotatable bonds is 3. The minimum atomic E-state index is -3.53. The van der Waals surface area contributed by atoms with Crippen molar-refractivity contribution in [2.45, 2.75) is 6.42 Å². The Labute approximate surface area is 94.1 Å². The second-order valence-corrected chi connectivity index (χ2v) is 5.29. The van der Waals surface area contributed by atoms with Crippen molar-refractivity contribution in [2.75, 3.05) is 22.3 Å². The molecule has 0 aliphatic carbocycles. The summed E-state index contributed by atoms with van der Waals surface area (Å²) in [6, 6.07) is 6.94. The highest BCUT2D eigenvalue weighted by molar-refractivity contribution is 7.92. The van der Waals surface area contributed by atoms with Crippen LogP contribution in [0.5, 0.6) is 0 Å². The van der Waals surface area contributed by atoms with Gasteiger partial charge in [-0.3, -0.25) is 4.72 Å². The lowest BCUT2D eigenvalue weighted by Gasteiger charge is -2.06. The van der Waals surface area contributed by atoms with Crippen LogP contribution in [-0.2, 0) is 16.4 Å². The van der Waals surface area contributed by atoms with Gasteiger partial charge >= 0.3 is 0 Å². The lowest BCUT2D eigenvalue weighted by atomic mass is 10.1. The summed E-state index contributed by atoms with van der Waals surface area (Å²) in [5, 5.41) is 11.5. The van der Waals surface area contributed by atoms with Crippen molar-refractivity contribution in [1.29, 1.82) is 5.26 Å². The number of hydrogen-bond acceptors (Lipinski definition) is 4. The molecule has 0 amide bonds. The molecular formula is C10H11N3O2S. The molecule has 0 saturated carbocycles. The van der Waals surface area contributed by atoms with E-state index < -0.39 is 15.8 Å². The molecule has 0 radical (unpaired) electrons. The summed E-state index contributed by atoms with van der Waals surface area (Å²) >= 11 is 0. The number of nitriles is 1. The molecule has 0 atom stereocenters. The first-order chi connectivity index (χ1) is 7.61. The Kier molecular flexibility index (Phi) is 2.71. The Bertz CT molecular complexity index is 546. The highest BCUT2D eigenvalue weighted by Gasteiger charge is 2.13. The van der Waals surface area contributed by atoms with Gasteiger partial charge < -0.3 is 5.32 Å². The smallest absolute Gasteiger partial charge is 0.246 e. The summed E-state index contributed by atoms with van der Waals surface area (Å²) in [5.74, 6) is -0.525. The fraction of sp³-hybridized carbons (Fsp3) is 0.300. The average molecular weight is 237 g/mol. The Balaban J connectivity index is 2.21. The molecule has 2 rings (SSSR count). The zero-order chi connectivity index (χ0) is 11.6. The van der Waals surface area contributed by atoms with Crippen molar-refractivity contribution in [2.24, 2.45) is 0 Å². The molecule has 1 aliphatic rings. The predicted molar refractivity (Wildman–Crippen MR) is 61.7 cm³/mol. The monoisotopic (exact) mass is 237 g/mol. The van der Waals surface area contributed by atoms with Gasteiger partial charge in [0.15, 0.2) is 5.75 Å². The van der Waals surface area contributed by atoms with Crippen molar-refractivity contribution < 1.29 is 8.42 Å². The number of anilines is 2. The fourth-order valence-corrected chi connectivity index (χ4v) is 2.40. The van der Waals surface area contributed by atoms with E-state index in [9.17, 15) is 8.42 Å². The summed E-state index contributed by atoms with van der Waals surface area (Å²) in [4.78, 5) is 0. The van der Waals surface area contributed by atoms with Crippen LogP contribution in [0.3, 0.4) is 0 Å². The van der Waals surface area contributed by atoms with Gasteiger partial charge in [-0.15, -0.1) is 0 Å².